The van der Waals surface area contributed by atoms with Crippen LogP contribution < -0.4 is 10.2 Å². The molecular formula is C16H14N8O. The number of rotatable bonds is 5. The minimum absolute atomic E-state index is 0.565. The molecule has 1 aromatic carbocycles. The molecule has 0 bridgehead atoms. The quantitative estimate of drug-likeness (QED) is 0.427. The van der Waals surface area contributed by atoms with Crippen LogP contribution in [-0.4, -0.2) is 43.0 Å². The zero-order valence-electron chi connectivity index (χ0n) is 13.3. The number of hydrogen-bond donors (Lipinski definition) is 2. The Labute approximate surface area is 142 Å². The molecule has 0 aliphatic carbocycles. The van der Waals surface area contributed by atoms with Crippen molar-refractivity contribution in [1.29, 1.82) is 0 Å². The molecule has 0 unspecified atom stereocenters. The Bertz CT molecular complexity index is 1020. The summed E-state index contributed by atoms with van der Waals surface area (Å²) in [5, 5.41) is 9.32. The molecule has 9 nitrogen and oxygen atoms in total. The van der Waals surface area contributed by atoms with Crippen molar-refractivity contribution >= 4 is 23.1 Å². The van der Waals surface area contributed by atoms with Gasteiger partial charge in [-0.15, -0.1) is 0 Å². The lowest BCUT2D eigenvalue weighted by Gasteiger charge is -2.06. The third-order valence-electron chi connectivity index (χ3n) is 3.56. The number of nitrogens with zero attached hydrogens (tertiary/aromatic N) is 6. The minimum Gasteiger partial charge on any atom is -0.497 e. The Hall–Kier alpha value is -3.75. The fourth-order valence-corrected chi connectivity index (χ4v) is 2.36. The van der Waals surface area contributed by atoms with Gasteiger partial charge in [-0.05, 0) is 12.1 Å². The maximum Gasteiger partial charge on any atom is 0.168 e. The summed E-state index contributed by atoms with van der Waals surface area (Å²) in [6, 6.07) is 7.59. The topological polar surface area (TPSA) is 106 Å². The molecule has 2 N–H and O–H groups in total. The number of aromatic nitrogens is 6. The number of anilines is 1. The van der Waals surface area contributed by atoms with Crippen LogP contribution in [0.15, 0.2) is 54.4 Å². The second-order valence-corrected chi connectivity index (χ2v) is 5.09. The lowest BCUT2D eigenvalue weighted by molar-refractivity contribution is 0.414. The van der Waals surface area contributed by atoms with Gasteiger partial charge in [0.15, 0.2) is 11.5 Å². The maximum atomic E-state index is 5.26. The molecule has 0 radical (unpaired) electrons. The Kier molecular flexibility index (Phi) is 3.79. The SMILES string of the molecule is COc1cccc(-n2ncc3c(NN=Cc4cnc[nH]4)ncnc32)c1. The van der Waals surface area contributed by atoms with E-state index in [4.69, 9.17) is 4.74 Å². The highest BCUT2D eigenvalue weighted by Crippen LogP contribution is 2.23. The van der Waals surface area contributed by atoms with Crippen molar-refractivity contribution in [1.82, 2.24) is 29.7 Å². The van der Waals surface area contributed by atoms with Crippen molar-refractivity contribution in [3.63, 3.8) is 0 Å². The summed E-state index contributed by atoms with van der Waals surface area (Å²) >= 11 is 0. The number of benzene rings is 1. The number of hydrogen-bond acceptors (Lipinski definition) is 7. The van der Waals surface area contributed by atoms with E-state index in [0.717, 1.165) is 22.5 Å². The van der Waals surface area contributed by atoms with E-state index in [-0.39, 0.29) is 0 Å². The van der Waals surface area contributed by atoms with Gasteiger partial charge in [0.05, 0.1) is 48.8 Å². The Morgan fingerprint density at radius 3 is 3.08 bits per heavy atom. The predicted molar refractivity (Wildman–Crippen MR) is 93.0 cm³/mol. The standard InChI is InChI=1S/C16H14N8O/c1-25-13-4-2-3-12(5-13)24-16-14(8-22-24)15(19-10-20-16)23-21-7-11-6-17-9-18-11/h2-10H,1H3,(H,17,18)(H,19,20,23). The summed E-state index contributed by atoms with van der Waals surface area (Å²) in [6.07, 6.45) is 8.04. The van der Waals surface area contributed by atoms with Gasteiger partial charge in [0.1, 0.15) is 12.1 Å². The van der Waals surface area contributed by atoms with Gasteiger partial charge in [0.2, 0.25) is 0 Å². The molecule has 3 heterocycles. The lowest BCUT2D eigenvalue weighted by atomic mass is 10.3. The van der Waals surface area contributed by atoms with Gasteiger partial charge in [-0.1, -0.05) is 6.07 Å². The summed E-state index contributed by atoms with van der Waals surface area (Å²) < 4.78 is 6.99. The van der Waals surface area contributed by atoms with Gasteiger partial charge in [-0.2, -0.15) is 10.2 Å². The first-order valence-corrected chi connectivity index (χ1v) is 7.46. The predicted octanol–water partition coefficient (Wildman–Crippen LogP) is 1.99. The van der Waals surface area contributed by atoms with E-state index in [1.807, 2.05) is 24.3 Å². The van der Waals surface area contributed by atoms with Gasteiger partial charge >= 0.3 is 0 Å². The van der Waals surface area contributed by atoms with Gasteiger partial charge in [0, 0.05) is 6.07 Å². The first-order chi connectivity index (χ1) is 12.3. The number of hydrazone groups is 1. The van der Waals surface area contributed by atoms with E-state index in [9.17, 15) is 0 Å². The van der Waals surface area contributed by atoms with Crippen molar-refractivity contribution in [2.75, 3.05) is 12.5 Å². The highest BCUT2D eigenvalue weighted by Gasteiger charge is 2.11. The van der Waals surface area contributed by atoms with Crippen molar-refractivity contribution in [2.45, 2.75) is 0 Å². The first kappa shape index (κ1) is 14.8. The molecule has 4 aromatic rings. The molecule has 25 heavy (non-hydrogen) atoms. The molecule has 124 valence electrons. The van der Waals surface area contributed by atoms with E-state index < -0.39 is 0 Å². The molecular weight excluding hydrogens is 320 g/mol. The van der Waals surface area contributed by atoms with Crippen LogP contribution in [0.5, 0.6) is 5.75 Å². The zero-order valence-corrected chi connectivity index (χ0v) is 13.3. The lowest BCUT2D eigenvalue weighted by Crippen LogP contribution is -2.00. The third-order valence-corrected chi connectivity index (χ3v) is 3.56. The fraction of sp³-hybridized carbons (Fsp3) is 0.0625. The van der Waals surface area contributed by atoms with Crippen LogP contribution in [0.25, 0.3) is 16.7 Å². The second kappa shape index (κ2) is 6.40. The third kappa shape index (κ3) is 2.90. The molecule has 0 amide bonds. The molecule has 0 saturated carbocycles. The first-order valence-electron chi connectivity index (χ1n) is 7.46. The number of aromatic amines is 1. The molecule has 0 atom stereocenters. The number of imidazole rings is 1. The van der Waals surface area contributed by atoms with Gasteiger partial charge in [-0.3, -0.25) is 5.43 Å². The summed E-state index contributed by atoms with van der Waals surface area (Å²) in [5.74, 6) is 1.31. The van der Waals surface area contributed by atoms with Crippen molar-refractivity contribution in [3.8, 4) is 11.4 Å². The summed E-state index contributed by atoms with van der Waals surface area (Å²) in [5.41, 5.74) is 5.20. The molecule has 9 heteroatoms. The second-order valence-electron chi connectivity index (χ2n) is 5.09. The number of nitrogens with one attached hydrogen (secondary N) is 2. The normalized spacial score (nSPS) is 11.2. The largest absolute Gasteiger partial charge is 0.497 e. The fourth-order valence-electron chi connectivity index (χ4n) is 2.36. The van der Waals surface area contributed by atoms with Gasteiger partial charge < -0.3 is 9.72 Å². The van der Waals surface area contributed by atoms with Crippen LogP contribution in [-0.2, 0) is 0 Å². The highest BCUT2D eigenvalue weighted by atomic mass is 16.5. The van der Waals surface area contributed by atoms with Crippen LogP contribution in [0.4, 0.5) is 5.82 Å². The Balaban J connectivity index is 1.68. The monoisotopic (exact) mass is 334 g/mol. The average molecular weight is 334 g/mol. The smallest absolute Gasteiger partial charge is 0.168 e. The van der Waals surface area contributed by atoms with Crippen LogP contribution in [0, 0.1) is 0 Å². The summed E-state index contributed by atoms with van der Waals surface area (Å²) in [7, 11) is 1.63. The zero-order chi connectivity index (χ0) is 17.1. The van der Waals surface area contributed by atoms with Crippen LogP contribution >= 0.6 is 0 Å². The number of methoxy groups -OCH3 is 1. The van der Waals surface area contributed by atoms with E-state index in [1.54, 1.807) is 36.7 Å². The molecule has 0 aliphatic rings. The van der Waals surface area contributed by atoms with Crippen molar-refractivity contribution in [2.24, 2.45) is 5.10 Å². The molecule has 0 fully saturated rings. The van der Waals surface area contributed by atoms with Crippen molar-refractivity contribution < 1.29 is 4.74 Å². The molecule has 0 spiro atoms. The number of ether oxygens (including phenoxy) is 1. The van der Waals surface area contributed by atoms with E-state index >= 15 is 0 Å². The minimum atomic E-state index is 0.565. The average Bonchev–Trinajstić information content (AvgIpc) is 3.32. The highest BCUT2D eigenvalue weighted by molar-refractivity contribution is 5.87. The van der Waals surface area contributed by atoms with Crippen LogP contribution in [0.3, 0.4) is 0 Å². The molecule has 4 rings (SSSR count). The van der Waals surface area contributed by atoms with Crippen LogP contribution in [0.2, 0.25) is 0 Å². The molecule has 0 saturated heterocycles. The van der Waals surface area contributed by atoms with E-state index in [2.05, 4.69) is 35.6 Å². The van der Waals surface area contributed by atoms with Gasteiger partial charge in [0.25, 0.3) is 0 Å². The molecule has 3 aromatic heterocycles. The van der Waals surface area contributed by atoms with Crippen molar-refractivity contribution in [3.05, 3.63) is 55.0 Å². The van der Waals surface area contributed by atoms with Gasteiger partial charge in [-0.25, -0.2) is 19.6 Å². The summed E-state index contributed by atoms with van der Waals surface area (Å²) in [4.78, 5) is 15.4. The maximum absolute atomic E-state index is 5.26. The van der Waals surface area contributed by atoms with E-state index in [1.165, 1.54) is 6.33 Å². The van der Waals surface area contributed by atoms with Crippen LogP contribution in [0.1, 0.15) is 5.69 Å². The summed E-state index contributed by atoms with van der Waals surface area (Å²) in [6.45, 7) is 0. The molecule has 0 aliphatic heterocycles. The Morgan fingerprint density at radius 1 is 1.28 bits per heavy atom. The number of fused-ring (bicyclic) bond motifs is 1. The Morgan fingerprint density at radius 2 is 2.24 bits per heavy atom. The number of H-pyrrole nitrogens is 1. The van der Waals surface area contributed by atoms with E-state index in [0.29, 0.717) is 11.5 Å².